The predicted octanol–water partition coefficient (Wildman–Crippen LogP) is 6.15. The fourth-order valence-corrected chi connectivity index (χ4v) is 4.70. The highest BCUT2D eigenvalue weighted by molar-refractivity contribution is 8.00. The number of nitrogens with one attached hydrogen (secondary N) is 1. The van der Waals surface area contributed by atoms with Crippen LogP contribution in [0.3, 0.4) is 0 Å². The van der Waals surface area contributed by atoms with Crippen molar-refractivity contribution in [1.29, 1.82) is 0 Å². The molecule has 1 N–H and O–H groups in total. The summed E-state index contributed by atoms with van der Waals surface area (Å²) in [6, 6.07) is 18.1. The second-order valence-corrected chi connectivity index (χ2v) is 8.89. The summed E-state index contributed by atoms with van der Waals surface area (Å²) in [6.07, 6.45) is -4.45. The van der Waals surface area contributed by atoms with Crippen LogP contribution in [0.5, 0.6) is 5.75 Å². The molecule has 0 saturated carbocycles. The summed E-state index contributed by atoms with van der Waals surface area (Å²) < 4.78 is 44.1. The van der Waals surface area contributed by atoms with E-state index in [1.54, 1.807) is 48.5 Å². The van der Waals surface area contributed by atoms with Crippen molar-refractivity contribution >= 4 is 46.6 Å². The number of ether oxygens (including phenoxy) is 1. The molecule has 0 radical (unpaired) electrons. The van der Waals surface area contributed by atoms with E-state index >= 15 is 0 Å². The molecule has 3 aromatic carbocycles. The molecule has 3 aromatic rings. The van der Waals surface area contributed by atoms with Gasteiger partial charge in [0.1, 0.15) is 11.1 Å². The van der Waals surface area contributed by atoms with Gasteiger partial charge < -0.3 is 10.1 Å². The number of thioether (sulfide) groups is 1. The van der Waals surface area contributed by atoms with E-state index in [4.69, 9.17) is 16.3 Å². The molecule has 5 nitrogen and oxygen atoms in total. The third-order valence-electron chi connectivity index (χ3n) is 4.98. The van der Waals surface area contributed by atoms with Crippen molar-refractivity contribution in [1.82, 2.24) is 0 Å². The summed E-state index contributed by atoms with van der Waals surface area (Å²) in [5, 5.41) is 2.87. The Hall–Kier alpha value is -3.17. The van der Waals surface area contributed by atoms with Gasteiger partial charge in [0.25, 0.3) is 5.91 Å². The van der Waals surface area contributed by atoms with Gasteiger partial charge in [-0.3, -0.25) is 14.5 Å². The van der Waals surface area contributed by atoms with Gasteiger partial charge in [0.05, 0.1) is 11.3 Å². The van der Waals surface area contributed by atoms with Crippen LogP contribution in [0.4, 0.5) is 24.5 Å². The minimum Gasteiger partial charge on any atom is -0.484 e. The van der Waals surface area contributed by atoms with E-state index in [-0.39, 0.29) is 24.2 Å². The highest BCUT2D eigenvalue weighted by Crippen LogP contribution is 2.43. The summed E-state index contributed by atoms with van der Waals surface area (Å²) in [7, 11) is 0. The van der Waals surface area contributed by atoms with E-state index in [1.807, 2.05) is 0 Å². The lowest BCUT2D eigenvalue weighted by molar-refractivity contribution is -0.137. The highest BCUT2D eigenvalue weighted by Gasteiger charge is 2.35. The number of alkyl halides is 3. The number of carbonyl (C=O) groups is 2. The fraction of sp³-hybridized carbons (Fsp3) is 0.167. The summed E-state index contributed by atoms with van der Waals surface area (Å²) in [6.45, 7) is -0.208. The molecule has 34 heavy (non-hydrogen) atoms. The Morgan fingerprint density at radius 3 is 2.47 bits per heavy atom. The molecule has 4 rings (SSSR count). The lowest BCUT2D eigenvalue weighted by Crippen LogP contribution is -2.28. The Kier molecular flexibility index (Phi) is 7.04. The van der Waals surface area contributed by atoms with Crippen LogP contribution < -0.4 is 15.0 Å². The van der Waals surface area contributed by atoms with Gasteiger partial charge in [-0.25, -0.2) is 0 Å². The Morgan fingerprint density at radius 1 is 1.09 bits per heavy atom. The van der Waals surface area contributed by atoms with Crippen LogP contribution in [0.2, 0.25) is 5.02 Å². The maximum absolute atomic E-state index is 12.9. The van der Waals surface area contributed by atoms with Crippen molar-refractivity contribution < 1.29 is 27.5 Å². The van der Waals surface area contributed by atoms with Gasteiger partial charge in [-0.1, -0.05) is 23.7 Å². The molecule has 10 heteroatoms. The van der Waals surface area contributed by atoms with Crippen LogP contribution >= 0.6 is 23.4 Å². The Balaban J connectivity index is 1.45. The molecule has 1 atom stereocenters. The normalized spacial score (nSPS) is 15.9. The van der Waals surface area contributed by atoms with E-state index in [2.05, 4.69) is 5.32 Å². The van der Waals surface area contributed by atoms with Crippen molar-refractivity contribution in [2.24, 2.45) is 0 Å². The monoisotopic (exact) mass is 506 g/mol. The Labute approximate surface area is 202 Å². The van der Waals surface area contributed by atoms with Gasteiger partial charge >= 0.3 is 6.18 Å². The van der Waals surface area contributed by atoms with Gasteiger partial charge in [0, 0.05) is 16.4 Å². The summed E-state index contributed by atoms with van der Waals surface area (Å²) in [4.78, 5) is 26.3. The summed E-state index contributed by atoms with van der Waals surface area (Å²) >= 11 is 7.19. The first-order valence-corrected chi connectivity index (χ1v) is 11.5. The largest absolute Gasteiger partial charge is 0.484 e. The molecule has 1 unspecified atom stereocenters. The molecular formula is C24H18ClF3N2O3S. The van der Waals surface area contributed by atoms with Crippen LogP contribution in [-0.2, 0) is 15.8 Å². The number of carbonyl (C=O) groups excluding carboxylic acids is 2. The van der Waals surface area contributed by atoms with Crippen LogP contribution in [0.25, 0.3) is 0 Å². The van der Waals surface area contributed by atoms with Gasteiger partial charge in [-0.15, -0.1) is 11.8 Å². The average molecular weight is 507 g/mol. The predicted molar refractivity (Wildman–Crippen MR) is 126 cm³/mol. The van der Waals surface area contributed by atoms with Crippen molar-refractivity contribution in [3.63, 3.8) is 0 Å². The maximum atomic E-state index is 12.9. The van der Waals surface area contributed by atoms with Crippen molar-refractivity contribution in [2.45, 2.75) is 11.6 Å². The minimum absolute atomic E-state index is 0.192. The standard InChI is InChI=1S/C24H18ClF3N2O3S/c25-17-6-10-20(11-7-17)33-13-21(31)29-18-3-1-2-15(12-18)23-30(22(32)14-34-23)19-8-4-16(5-9-19)24(26,27)28/h1-12,23H,13-14H2,(H,29,31). The van der Waals surface area contributed by atoms with E-state index in [9.17, 15) is 22.8 Å². The number of benzene rings is 3. The number of rotatable bonds is 6. The maximum Gasteiger partial charge on any atom is 0.416 e. The van der Waals surface area contributed by atoms with E-state index in [1.165, 1.54) is 28.8 Å². The van der Waals surface area contributed by atoms with Gasteiger partial charge in [0.15, 0.2) is 6.61 Å². The van der Waals surface area contributed by atoms with E-state index in [0.717, 1.165) is 17.7 Å². The second kappa shape index (κ2) is 9.99. The van der Waals surface area contributed by atoms with Crippen molar-refractivity contribution in [3.8, 4) is 5.75 Å². The minimum atomic E-state index is -4.45. The molecule has 0 aromatic heterocycles. The average Bonchev–Trinajstić information content (AvgIpc) is 3.20. The molecule has 2 amide bonds. The number of amides is 2. The van der Waals surface area contributed by atoms with Gasteiger partial charge in [0.2, 0.25) is 5.91 Å². The number of nitrogens with zero attached hydrogens (tertiary/aromatic N) is 1. The number of hydrogen-bond donors (Lipinski definition) is 1. The SMILES string of the molecule is O=C(COc1ccc(Cl)cc1)Nc1cccc(C2SCC(=O)N2c2ccc(C(F)(F)F)cc2)c1. The topological polar surface area (TPSA) is 58.6 Å². The molecule has 0 aliphatic carbocycles. The molecule has 176 valence electrons. The first kappa shape index (κ1) is 24.0. The van der Waals surface area contributed by atoms with Crippen LogP contribution in [0, 0.1) is 0 Å². The van der Waals surface area contributed by atoms with Crippen molar-refractivity contribution in [3.05, 3.63) is 88.9 Å². The van der Waals surface area contributed by atoms with E-state index in [0.29, 0.717) is 22.1 Å². The van der Waals surface area contributed by atoms with Crippen LogP contribution in [0.15, 0.2) is 72.8 Å². The van der Waals surface area contributed by atoms with Crippen LogP contribution in [0.1, 0.15) is 16.5 Å². The number of anilines is 2. The zero-order chi connectivity index (χ0) is 24.3. The molecule has 1 aliphatic rings. The number of hydrogen-bond acceptors (Lipinski definition) is 4. The third-order valence-corrected chi connectivity index (χ3v) is 6.44. The number of halogens is 4. The second-order valence-electron chi connectivity index (χ2n) is 7.39. The van der Waals surface area contributed by atoms with Gasteiger partial charge in [-0.2, -0.15) is 13.2 Å². The summed E-state index contributed by atoms with van der Waals surface area (Å²) in [5.41, 5.74) is 0.832. The molecule has 1 aliphatic heterocycles. The van der Waals surface area contributed by atoms with Crippen LogP contribution in [-0.4, -0.2) is 24.2 Å². The molecule has 1 fully saturated rings. The molecular weight excluding hydrogens is 489 g/mol. The molecule has 1 heterocycles. The first-order valence-electron chi connectivity index (χ1n) is 10.1. The summed E-state index contributed by atoms with van der Waals surface area (Å²) in [5.74, 6) is 0.112. The molecule has 1 saturated heterocycles. The zero-order valence-electron chi connectivity index (χ0n) is 17.5. The lowest BCUT2D eigenvalue weighted by atomic mass is 10.1. The first-order chi connectivity index (χ1) is 16.2. The fourth-order valence-electron chi connectivity index (χ4n) is 3.41. The quantitative estimate of drug-likeness (QED) is 0.435. The van der Waals surface area contributed by atoms with Gasteiger partial charge in [-0.05, 0) is 66.2 Å². The van der Waals surface area contributed by atoms with Crippen molar-refractivity contribution in [2.75, 3.05) is 22.6 Å². The smallest absolute Gasteiger partial charge is 0.416 e. The Morgan fingerprint density at radius 2 is 1.79 bits per heavy atom. The lowest BCUT2D eigenvalue weighted by Gasteiger charge is -2.25. The third kappa shape index (κ3) is 5.66. The molecule has 0 bridgehead atoms. The Bertz CT molecular complexity index is 1190. The molecule has 0 spiro atoms. The zero-order valence-corrected chi connectivity index (χ0v) is 19.1. The van der Waals surface area contributed by atoms with E-state index < -0.39 is 17.1 Å². The highest BCUT2D eigenvalue weighted by atomic mass is 35.5.